The van der Waals surface area contributed by atoms with Crippen molar-refractivity contribution < 1.29 is 4.39 Å². The van der Waals surface area contributed by atoms with Crippen molar-refractivity contribution in [1.82, 2.24) is 4.90 Å². The number of rotatable bonds is 3. The summed E-state index contributed by atoms with van der Waals surface area (Å²) in [6.07, 6.45) is 2.36. The lowest BCUT2D eigenvalue weighted by atomic mass is 10.1. The van der Waals surface area contributed by atoms with Crippen molar-refractivity contribution >= 4 is 29.0 Å². The molecule has 0 aromatic heterocycles. The molecular formula is C13H14Cl2FN3. The molecule has 0 aliphatic heterocycles. The molecule has 0 fully saturated rings. The van der Waals surface area contributed by atoms with Gasteiger partial charge < -0.3 is 4.90 Å². The number of nitriles is 1. The van der Waals surface area contributed by atoms with Crippen LogP contribution in [0.15, 0.2) is 17.1 Å². The molecule has 0 aliphatic carbocycles. The number of hydrogen-bond acceptors (Lipinski definition) is 2. The van der Waals surface area contributed by atoms with Crippen LogP contribution in [0, 0.1) is 17.3 Å². The predicted molar refractivity (Wildman–Crippen MR) is 75.9 cm³/mol. The van der Waals surface area contributed by atoms with Crippen molar-refractivity contribution in [2.24, 2.45) is 4.99 Å². The molecule has 0 aliphatic rings. The first-order chi connectivity index (χ1) is 8.92. The van der Waals surface area contributed by atoms with Crippen LogP contribution in [0.3, 0.4) is 0 Å². The molecule has 0 N–H and O–H groups in total. The Balaban J connectivity index is 3.13. The van der Waals surface area contributed by atoms with Crippen LogP contribution in [0.2, 0.25) is 10.0 Å². The van der Waals surface area contributed by atoms with Crippen molar-refractivity contribution in [3.8, 4) is 6.19 Å². The van der Waals surface area contributed by atoms with Crippen molar-refractivity contribution in [2.75, 3.05) is 7.05 Å². The summed E-state index contributed by atoms with van der Waals surface area (Å²) in [6, 6.07) is 2.47. The summed E-state index contributed by atoms with van der Waals surface area (Å²) in [5, 5.41) is 9.01. The molecule has 1 aromatic carbocycles. The second-order valence-electron chi connectivity index (χ2n) is 4.06. The molecule has 1 aromatic rings. The minimum atomic E-state index is -0.517. The Hall–Kier alpha value is -1.31. The Labute approximate surface area is 122 Å². The van der Waals surface area contributed by atoms with Gasteiger partial charge in [-0.15, -0.1) is 0 Å². The smallest absolute Gasteiger partial charge is 0.207 e. The van der Waals surface area contributed by atoms with Crippen LogP contribution < -0.4 is 0 Å². The predicted octanol–water partition coefficient (Wildman–Crippen LogP) is 4.41. The first kappa shape index (κ1) is 15.7. The summed E-state index contributed by atoms with van der Waals surface area (Å²) >= 11 is 11.8. The van der Waals surface area contributed by atoms with E-state index in [4.69, 9.17) is 28.5 Å². The summed E-state index contributed by atoms with van der Waals surface area (Å²) in [5.74, 6) is 0.0954. The van der Waals surface area contributed by atoms with Crippen molar-refractivity contribution in [2.45, 2.75) is 26.3 Å². The van der Waals surface area contributed by atoms with Gasteiger partial charge in [0.05, 0.1) is 11.1 Å². The van der Waals surface area contributed by atoms with E-state index in [1.165, 1.54) is 12.1 Å². The summed E-state index contributed by atoms with van der Waals surface area (Å²) < 4.78 is 13.5. The summed E-state index contributed by atoms with van der Waals surface area (Å²) in [5.41, 5.74) is 0.602. The van der Waals surface area contributed by atoms with E-state index in [1.807, 2.05) is 13.8 Å². The fourth-order valence-corrected chi connectivity index (χ4v) is 2.30. The van der Waals surface area contributed by atoms with Crippen molar-refractivity contribution in [3.63, 3.8) is 0 Å². The van der Waals surface area contributed by atoms with E-state index < -0.39 is 5.82 Å². The Morgan fingerprint density at radius 2 is 2.11 bits per heavy atom. The summed E-state index contributed by atoms with van der Waals surface area (Å²) in [6.45, 7) is 3.75. The molecule has 19 heavy (non-hydrogen) atoms. The standard InChI is InChI=1S/C13H14Cl2FN3/c1-4-13(18-7-17)19(3)8(2)9-5-12(16)11(15)6-10(9)14/h5-6,8H,4H2,1-3H3/b18-13+. The van der Waals surface area contributed by atoms with Crippen LogP contribution in [-0.4, -0.2) is 17.8 Å². The quantitative estimate of drug-likeness (QED) is 0.359. The number of halogens is 3. The molecule has 1 atom stereocenters. The molecular weight excluding hydrogens is 288 g/mol. The molecule has 1 unspecified atom stereocenters. The number of aliphatic imine (C=N–C) groups is 1. The van der Waals surface area contributed by atoms with Gasteiger partial charge in [-0.3, -0.25) is 0 Å². The van der Waals surface area contributed by atoms with Crippen LogP contribution in [0.4, 0.5) is 4.39 Å². The third kappa shape index (κ3) is 3.59. The highest BCUT2D eigenvalue weighted by atomic mass is 35.5. The maximum Gasteiger partial charge on any atom is 0.207 e. The monoisotopic (exact) mass is 301 g/mol. The molecule has 0 saturated carbocycles. The molecule has 0 saturated heterocycles. The lowest BCUT2D eigenvalue weighted by Gasteiger charge is -2.28. The molecule has 0 amide bonds. The van der Waals surface area contributed by atoms with Gasteiger partial charge in [-0.05, 0) is 24.6 Å². The van der Waals surface area contributed by atoms with Crippen molar-refractivity contribution in [1.29, 1.82) is 5.26 Å². The fourth-order valence-electron chi connectivity index (χ4n) is 1.76. The zero-order chi connectivity index (χ0) is 14.6. The van der Waals surface area contributed by atoms with E-state index in [2.05, 4.69) is 4.99 Å². The highest BCUT2D eigenvalue weighted by Crippen LogP contribution is 2.31. The van der Waals surface area contributed by atoms with E-state index in [0.29, 0.717) is 22.8 Å². The Kier molecular flexibility index (Phi) is 5.59. The fraction of sp³-hybridized carbons (Fsp3) is 0.385. The number of nitrogens with zero attached hydrogens (tertiary/aromatic N) is 3. The maximum absolute atomic E-state index is 13.5. The molecule has 102 valence electrons. The van der Waals surface area contributed by atoms with Gasteiger partial charge >= 0.3 is 0 Å². The molecule has 1 rings (SSSR count). The average Bonchev–Trinajstić information content (AvgIpc) is 2.38. The van der Waals surface area contributed by atoms with E-state index in [0.717, 1.165) is 0 Å². The van der Waals surface area contributed by atoms with Gasteiger partial charge in [0.15, 0.2) is 0 Å². The number of amidine groups is 1. The number of benzene rings is 1. The minimum Gasteiger partial charge on any atom is -0.356 e. The van der Waals surface area contributed by atoms with E-state index in [-0.39, 0.29) is 11.1 Å². The van der Waals surface area contributed by atoms with Gasteiger partial charge in [-0.25, -0.2) is 4.39 Å². The molecule has 0 bridgehead atoms. The first-order valence-corrected chi connectivity index (χ1v) is 6.50. The Morgan fingerprint density at radius 3 is 2.63 bits per heavy atom. The minimum absolute atomic E-state index is 0.00925. The van der Waals surface area contributed by atoms with Gasteiger partial charge in [-0.1, -0.05) is 30.1 Å². The largest absolute Gasteiger partial charge is 0.356 e. The van der Waals surface area contributed by atoms with Crippen LogP contribution in [0.5, 0.6) is 0 Å². The van der Waals surface area contributed by atoms with E-state index in [9.17, 15) is 4.39 Å². The topological polar surface area (TPSA) is 39.4 Å². The molecule has 0 heterocycles. The molecule has 0 spiro atoms. The molecule has 3 nitrogen and oxygen atoms in total. The summed E-state index contributed by atoms with van der Waals surface area (Å²) in [7, 11) is 1.78. The molecule has 0 radical (unpaired) electrons. The Morgan fingerprint density at radius 1 is 1.47 bits per heavy atom. The molecule has 6 heteroatoms. The lowest BCUT2D eigenvalue weighted by molar-refractivity contribution is 0.394. The highest BCUT2D eigenvalue weighted by molar-refractivity contribution is 6.35. The lowest BCUT2D eigenvalue weighted by Crippen LogP contribution is -2.29. The van der Waals surface area contributed by atoms with Gasteiger partial charge in [0.2, 0.25) is 6.19 Å². The Bertz CT molecular complexity index is 537. The van der Waals surface area contributed by atoms with E-state index >= 15 is 0 Å². The second-order valence-corrected chi connectivity index (χ2v) is 4.87. The second kappa shape index (κ2) is 6.74. The first-order valence-electron chi connectivity index (χ1n) is 5.75. The van der Waals surface area contributed by atoms with Crippen LogP contribution >= 0.6 is 23.2 Å². The highest BCUT2D eigenvalue weighted by Gasteiger charge is 2.19. The normalized spacial score (nSPS) is 13.0. The van der Waals surface area contributed by atoms with Gasteiger partial charge in [0.25, 0.3) is 0 Å². The van der Waals surface area contributed by atoms with Gasteiger partial charge in [0, 0.05) is 18.5 Å². The SMILES string of the molecule is CC/C(=N\C#N)N(C)C(C)c1cc(F)c(Cl)cc1Cl. The average molecular weight is 302 g/mol. The summed E-state index contributed by atoms with van der Waals surface area (Å²) in [4.78, 5) is 5.53. The van der Waals surface area contributed by atoms with Crippen LogP contribution in [0.1, 0.15) is 31.9 Å². The van der Waals surface area contributed by atoms with Crippen LogP contribution in [-0.2, 0) is 0 Å². The third-order valence-electron chi connectivity index (χ3n) is 2.97. The maximum atomic E-state index is 13.5. The van der Waals surface area contributed by atoms with Gasteiger partial charge in [0.1, 0.15) is 11.7 Å². The van der Waals surface area contributed by atoms with Gasteiger partial charge in [-0.2, -0.15) is 10.3 Å². The van der Waals surface area contributed by atoms with Crippen LogP contribution in [0.25, 0.3) is 0 Å². The zero-order valence-corrected chi connectivity index (χ0v) is 12.4. The van der Waals surface area contributed by atoms with E-state index in [1.54, 1.807) is 18.1 Å². The van der Waals surface area contributed by atoms with Crippen molar-refractivity contribution in [3.05, 3.63) is 33.6 Å². The number of hydrogen-bond donors (Lipinski definition) is 0. The third-order valence-corrected chi connectivity index (χ3v) is 3.59. The zero-order valence-electron chi connectivity index (χ0n) is 10.9.